The van der Waals surface area contributed by atoms with Gasteiger partial charge in [0, 0.05) is 19.5 Å². The van der Waals surface area contributed by atoms with Crippen molar-refractivity contribution in [3.63, 3.8) is 0 Å². The molecule has 0 aliphatic heterocycles. The van der Waals surface area contributed by atoms with E-state index < -0.39 is 0 Å². The summed E-state index contributed by atoms with van der Waals surface area (Å²) in [5.74, 6) is 0.379. The minimum absolute atomic E-state index is 0.379. The van der Waals surface area contributed by atoms with Gasteiger partial charge in [0.1, 0.15) is 0 Å². The zero-order valence-electron chi connectivity index (χ0n) is 14.5. The molecule has 2 nitrogen and oxygen atoms in total. The smallest absolute Gasteiger partial charge is 0.222 e. The topological polar surface area (TPSA) is 20.3 Å². The highest BCUT2D eigenvalue weighted by Gasteiger charge is 2.21. The molecule has 1 saturated carbocycles. The molecule has 0 aromatic heterocycles. The lowest BCUT2D eigenvalue weighted by Crippen LogP contribution is -2.38. The fourth-order valence-electron chi connectivity index (χ4n) is 3.44. The molecule has 0 heterocycles. The molecule has 0 atom stereocenters. The Bertz CT molecular complexity index is 258. The van der Waals surface area contributed by atoms with Crippen molar-refractivity contribution < 1.29 is 4.79 Å². The minimum atomic E-state index is 0.379. The summed E-state index contributed by atoms with van der Waals surface area (Å²) in [6.45, 7) is 2.27. The van der Waals surface area contributed by atoms with Gasteiger partial charge in [0.2, 0.25) is 5.91 Å². The normalized spacial score (nSPS) is 16.1. The zero-order chi connectivity index (χ0) is 15.3. The number of unbranched alkanes of at least 4 members (excludes halogenated alkanes) is 8. The number of rotatable bonds is 11. The van der Waals surface area contributed by atoms with Crippen molar-refractivity contribution in [3.05, 3.63) is 0 Å². The Morgan fingerprint density at radius 1 is 0.857 bits per heavy atom. The molecule has 0 saturated heterocycles. The molecule has 2 heteroatoms. The second-order valence-corrected chi connectivity index (χ2v) is 6.87. The molecule has 21 heavy (non-hydrogen) atoms. The van der Waals surface area contributed by atoms with E-state index in [1.165, 1.54) is 83.5 Å². The first-order chi connectivity index (χ1) is 10.3. The average Bonchev–Trinajstić information content (AvgIpc) is 2.53. The summed E-state index contributed by atoms with van der Waals surface area (Å²) in [6.07, 6.45) is 19.1. The third kappa shape index (κ3) is 8.48. The van der Waals surface area contributed by atoms with E-state index >= 15 is 0 Å². The van der Waals surface area contributed by atoms with Gasteiger partial charge in [-0.3, -0.25) is 4.79 Å². The molecule has 0 unspecified atom stereocenters. The fourth-order valence-corrected chi connectivity index (χ4v) is 3.44. The van der Waals surface area contributed by atoms with Gasteiger partial charge in [-0.2, -0.15) is 0 Å². The number of carbonyl (C=O) groups is 1. The maximum Gasteiger partial charge on any atom is 0.222 e. The van der Waals surface area contributed by atoms with Crippen molar-refractivity contribution in [2.45, 2.75) is 109 Å². The molecular weight excluding hydrogens is 258 g/mol. The Kier molecular flexibility index (Phi) is 10.6. The van der Waals surface area contributed by atoms with Gasteiger partial charge < -0.3 is 4.90 Å². The summed E-state index contributed by atoms with van der Waals surface area (Å²) >= 11 is 0. The van der Waals surface area contributed by atoms with Gasteiger partial charge >= 0.3 is 0 Å². The van der Waals surface area contributed by atoms with Gasteiger partial charge in [-0.1, -0.05) is 77.6 Å². The first-order valence-corrected chi connectivity index (χ1v) is 9.51. The van der Waals surface area contributed by atoms with Crippen molar-refractivity contribution in [1.29, 1.82) is 0 Å². The van der Waals surface area contributed by atoms with Gasteiger partial charge in [0.05, 0.1) is 0 Å². The van der Waals surface area contributed by atoms with Gasteiger partial charge in [-0.15, -0.1) is 0 Å². The molecule has 0 N–H and O–H groups in total. The quantitative estimate of drug-likeness (QED) is 0.448. The first kappa shape index (κ1) is 18.5. The summed E-state index contributed by atoms with van der Waals surface area (Å²) in [4.78, 5) is 14.2. The van der Waals surface area contributed by atoms with E-state index in [4.69, 9.17) is 0 Å². The Labute approximate surface area is 132 Å². The first-order valence-electron chi connectivity index (χ1n) is 9.51. The van der Waals surface area contributed by atoms with E-state index in [2.05, 4.69) is 6.92 Å². The molecule has 1 aliphatic carbocycles. The monoisotopic (exact) mass is 295 g/mol. The van der Waals surface area contributed by atoms with E-state index in [0.29, 0.717) is 11.9 Å². The van der Waals surface area contributed by atoms with Gasteiger partial charge in [-0.05, 0) is 19.3 Å². The van der Waals surface area contributed by atoms with Gasteiger partial charge in [0.15, 0.2) is 0 Å². The average molecular weight is 296 g/mol. The summed E-state index contributed by atoms with van der Waals surface area (Å²) in [6, 6.07) is 0.532. The summed E-state index contributed by atoms with van der Waals surface area (Å²) in [7, 11) is 2.02. The molecule has 0 radical (unpaired) electrons. The van der Waals surface area contributed by atoms with Gasteiger partial charge in [0.25, 0.3) is 0 Å². The molecule has 0 bridgehead atoms. The van der Waals surface area contributed by atoms with E-state index in [9.17, 15) is 4.79 Å². The standard InChI is InChI=1S/C19H37NO/c1-3-4-5-6-7-8-9-10-14-17-19(21)20(2)18-15-12-11-13-16-18/h18H,3-17H2,1-2H3. The Morgan fingerprint density at radius 2 is 1.38 bits per heavy atom. The molecule has 0 aromatic rings. The highest BCUT2D eigenvalue weighted by Crippen LogP contribution is 2.22. The molecule has 1 rings (SSSR count). The van der Waals surface area contributed by atoms with Crippen LogP contribution in [0.3, 0.4) is 0 Å². The predicted octanol–water partition coefficient (Wildman–Crippen LogP) is 5.70. The van der Waals surface area contributed by atoms with Crippen molar-refractivity contribution in [2.24, 2.45) is 0 Å². The molecule has 124 valence electrons. The second-order valence-electron chi connectivity index (χ2n) is 6.87. The Balaban J connectivity index is 1.95. The summed E-state index contributed by atoms with van der Waals surface area (Å²) in [5.41, 5.74) is 0. The second kappa shape index (κ2) is 12.1. The Hall–Kier alpha value is -0.530. The number of carbonyl (C=O) groups excluding carboxylic acids is 1. The lowest BCUT2D eigenvalue weighted by molar-refractivity contribution is -0.132. The molecular formula is C19H37NO. The number of hydrogen-bond acceptors (Lipinski definition) is 1. The Morgan fingerprint density at radius 3 is 1.95 bits per heavy atom. The minimum Gasteiger partial charge on any atom is -0.343 e. The molecule has 0 spiro atoms. The van der Waals surface area contributed by atoms with Crippen LogP contribution in [0.5, 0.6) is 0 Å². The van der Waals surface area contributed by atoms with Crippen molar-refractivity contribution in [3.8, 4) is 0 Å². The van der Waals surface area contributed by atoms with Crippen LogP contribution in [0.25, 0.3) is 0 Å². The number of hydrogen-bond donors (Lipinski definition) is 0. The number of nitrogens with zero attached hydrogens (tertiary/aromatic N) is 1. The fraction of sp³-hybridized carbons (Fsp3) is 0.947. The van der Waals surface area contributed by atoms with Gasteiger partial charge in [-0.25, -0.2) is 0 Å². The van der Waals surface area contributed by atoms with E-state index in [1.807, 2.05) is 11.9 Å². The van der Waals surface area contributed by atoms with E-state index in [-0.39, 0.29) is 0 Å². The number of amides is 1. The van der Waals surface area contributed by atoms with Crippen molar-refractivity contribution in [2.75, 3.05) is 7.05 Å². The molecule has 1 fully saturated rings. The summed E-state index contributed by atoms with van der Waals surface area (Å²) < 4.78 is 0. The molecule has 1 amide bonds. The van der Waals surface area contributed by atoms with Crippen LogP contribution in [0.15, 0.2) is 0 Å². The van der Waals surface area contributed by atoms with Crippen LogP contribution in [0.4, 0.5) is 0 Å². The van der Waals surface area contributed by atoms with E-state index in [0.717, 1.165) is 12.8 Å². The molecule has 1 aliphatic rings. The van der Waals surface area contributed by atoms with Crippen molar-refractivity contribution >= 4 is 5.91 Å². The zero-order valence-corrected chi connectivity index (χ0v) is 14.5. The van der Waals surface area contributed by atoms with Crippen LogP contribution in [0.2, 0.25) is 0 Å². The lowest BCUT2D eigenvalue weighted by Gasteiger charge is -2.31. The highest BCUT2D eigenvalue weighted by molar-refractivity contribution is 5.76. The maximum atomic E-state index is 12.2. The maximum absolute atomic E-state index is 12.2. The van der Waals surface area contributed by atoms with E-state index in [1.54, 1.807) is 0 Å². The highest BCUT2D eigenvalue weighted by atomic mass is 16.2. The van der Waals surface area contributed by atoms with Crippen LogP contribution in [0, 0.1) is 0 Å². The van der Waals surface area contributed by atoms with Crippen LogP contribution < -0.4 is 0 Å². The lowest BCUT2D eigenvalue weighted by atomic mass is 9.94. The van der Waals surface area contributed by atoms with Crippen LogP contribution >= 0.6 is 0 Å². The summed E-state index contributed by atoms with van der Waals surface area (Å²) in [5, 5.41) is 0. The molecule has 0 aromatic carbocycles. The third-order valence-electron chi connectivity index (χ3n) is 5.01. The van der Waals surface area contributed by atoms with Crippen LogP contribution in [-0.2, 0) is 4.79 Å². The van der Waals surface area contributed by atoms with Crippen LogP contribution in [-0.4, -0.2) is 23.9 Å². The largest absolute Gasteiger partial charge is 0.343 e. The van der Waals surface area contributed by atoms with Crippen molar-refractivity contribution in [1.82, 2.24) is 4.90 Å². The predicted molar refractivity (Wildman–Crippen MR) is 91.5 cm³/mol. The van der Waals surface area contributed by atoms with Crippen LogP contribution in [0.1, 0.15) is 103 Å². The third-order valence-corrected chi connectivity index (χ3v) is 5.01. The SMILES string of the molecule is CCCCCCCCCCCC(=O)N(C)C1CCCCC1.